The summed E-state index contributed by atoms with van der Waals surface area (Å²) in [6.07, 6.45) is 1.65. The zero-order valence-corrected chi connectivity index (χ0v) is 13.5. The summed E-state index contributed by atoms with van der Waals surface area (Å²) in [5.41, 5.74) is 2.32. The maximum atomic E-state index is 14.0. The molecule has 3 aromatic carbocycles. The standard InChI is InChI=1S/C22H16FNO/c23-21-12-6-5-11-20(21)19(15-24)14-18-10-4-7-13-22(18)25-16-17-8-2-1-3-9-17/h1-14H,16H2/b19-14-. The van der Waals surface area contributed by atoms with E-state index in [0.29, 0.717) is 12.4 Å². The molecule has 0 atom stereocenters. The lowest BCUT2D eigenvalue weighted by Crippen LogP contribution is -1.97. The molecule has 25 heavy (non-hydrogen) atoms. The van der Waals surface area contributed by atoms with Crippen LogP contribution in [0.5, 0.6) is 5.75 Å². The number of nitriles is 1. The number of rotatable bonds is 5. The highest BCUT2D eigenvalue weighted by molar-refractivity contribution is 5.90. The number of nitrogens with zero attached hydrogens (tertiary/aromatic N) is 1. The fourth-order valence-corrected chi connectivity index (χ4v) is 2.47. The third kappa shape index (κ3) is 4.13. The van der Waals surface area contributed by atoms with E-state index >= 15 is 0 Å². The zero-order valence-electron chi connectivity index (χ0n) is 13.5. The Labute approximate surface area is 146 Å². The molecule has 0 aliphatic heterocycles. The summed E-state index contributed by atoms with van der Waals surface area (Å²) < 4.78 is 19.9. The van der Waals surface area contributed by atoms with Crippen molar-refractivity contribution in [3.05, 3.63) is 101 Å². The predicted molar refractivity (Wildman–Crippen MR) is 97.1 cm³/mol. The summed E-state index contributed by atoms with van der Waals surface area (Å²) in [5, 5.41) is 9.44. The topological polar surface area (TPSA) is 33.0 Å². The van der Waals surface area contributed by atoms with Crippen LogP contribution in [0.3, 0.4) is 0 Å². The Bertz CT molecular complexity index is 926. The second-order valence-electron chi connectivity index (χ2n) is 5.46. The van der Waals surface area contributed by atoms with Crippen molar-refractivity contribution in [1.29, 1.82) is 5.26 Å². The number of hydrogen-bond donors (Lipinski definition) is 0. The van der Waals surface area contributed by atoms with Crippen molar-refractivity contribution in [2.24, 2.45) is 0 Å². The Kier molecular flexibility index (Phi) is 5.23. The second kappa shape index (κ2) is 7.94. The Morgan fingerprint density at radius 3 is 2.36 bits per heavy atom. The van der Waals surface area contributed by atoms with E-state index in [1.807, 2.05) is 54.6 Å². The van der Waals surface area contributed by atoms with Crippen LogP contribution in [0.1, 0.15) is 16.7 Å². The fraction of sp³-hybridized carbons (Fsp3) is 0.0455. The number of hydrogen-bond acceptors (Lipinski definition) is 2. The average Bonchev–Trinajstić information content (AvgIpc) is 2.67. The molecular weight excluding hydrogens is 313 g/mol. The van der Waals surface area contributed by atoms with Crippen LogP contribution in [0.15, 0.2) is 78.9 Å². The van der Waals surface area contributed by atoms with Crippen molar-refractivity contribution in [1.82, 2.24) is 0 Å². The van der Waals surface area contributed by atoms with E-state index in [2.05, 4.69) is 6.07 Å². The largest absolute Gasteiger partial charge is 0.488 e. The van der Waals surface area contributed by atoms with Crippen LogP contribution >= 0.6 is 0 Å². The molecule has 0 unspecified atom stereocenters. The molecular formula is C22H16FNO. The summed E-state index contributed by atoms with van der Waals surface area (Å²) in [5.74, 6) is 0.230. The van der Waals surface area contributed by atoms with Crippen LogP contribution in [-0.4, -0.2) is 0 Å². The first kappa shape index (κ1) is 16.5. The first-order valence-corrected chi connectivity index (χ1v) is 7.90. The number of ether oxygens (including phenoxy) is 1. The van der Waals surface area contributed by atoms with E-state index in [1.165, 1.54) is 6.07 Å². The van der Waals surface area contributed by atoms with Crippen molar-refractivity contribution in [2.75, 3.05) is 0 Å². The van der Waals surface area contributed by atoms with E-state index < -0.39 is 5.82 Å². The molecule has 0 spiro atoms. The molecule has 2 nitrogen and oxygen atoms in total. The minimum Gasteiger partial charge on any atom is -0.488 e. The van der Waals surface area contributed by atoms with Crippen molar-refractivity contribution in [2.45, 2.75) is 6.61 Å². The normalized spacial score (nSPS) is 11.0. The van der Waals surface area contributed by atoms with Crippen molar-refractivity contribution >= 4 is 11.6 Å². The average molecular weight is 329 g/mol. The molecule has 3 heteroatoms. The van der Waals surface area contributed by atoms with Crippen molar-refractivity contribution in [3.63, 3.8) is 0 Å². The molecule has 0 aliphatic rings. The Morgan fingerprint density at radius 2 is 1.60 bits per heavy atom. The summed E-state index contributed by atoms with van der Waals surface area (Å²) in [7, 11) is 0. The van der Waals surface area contributed by atoms with Gasteiger partial charge in [-0.15, -0.1) is 0 Å². The highest BCUT2D eigenvalue weighted by atomic mass is 19.1. The third-order valence-corrected chi connectivity index (χ3v) is 3.74. The quantitative estimate of drug-likeness (QED) is 0.459. The molecule has 3 aromatic rings. The number of para-hydroxylation sites is 1. The third-order valence-electron chi connectivity index (χ3n) is 3.74. The van der Waals surface area contributed by atoms with Crippen molar-refractivity contribution < 1.29 is 9.13 Å². The van der Waals surface area contributed by atoms with Crippen molar-refractivity contribution in [3.8, 4) is 11.8 Å². The molecule has 0 saturated heterocycles. The highest BCUT2D eigenvalue weighted by Gasteiger charge is 2.09. The first-order chi connectivity index (χ1) is 12.3. The van der Waals surface area contributed by atoms with E-state index in [-0.39, 0.29) is 11.1 Å². The van der Waals surface area contributed by atoms with Gasteiger partial charge in [0.1, 0.15) is 18.2 Å². The molecule has 0 amide bonds. The van der Waals surface area contributed by atoms with Gasteiger partial charge in [0.2, 0.25) is 0 Å². The summed E-state index contributed by atoms with van der Waals surface area (Å²) in [4.78, 5) is 0. The second-order valence-corrected chi connectivity index (χ2v) is 5.46. The van der Waals surface area contributed by atoms with Gasteiger partial charge in [0, 0.05) is 11.1 Å². The SMILES string of the molecule is N#C/C(=C/c1ccccc1OCc1ccccc1)c1ccccc1F. The van der Waals surface area contributed by atoms with E-state index in [4.69, 9.17) is 4.74 Å². The summed E-state index contributed by atoms with van der Waals surface area (Å²) >= 11 is 0. The van der Waals surface area contributed by atoms with E-state index in [9.17, 15) is 9.65 Å². The number of benzene rings is 3. The Balaban J connectivity index is 1.90. The minimum absolute atomic E-state index is 0.258. The smallest absolute Gasteiger partial charge is 0.131 e. The van der Waals surface area contributed by atoms with Gasteiger partial charge in [-0.1, -0.05) is 66.7 Å². The van der Waals surface area contributed by atoms with Gasteiger partial charge in [0.25, 0.3) is 0 Å². The molecule has 0 fully saturated rings. The molecule has 0 heterocycles. The number of allylic oxidation sites excluding steroid dienone is 1. The van der Waals surface area contributed by atoms with Crippen LogP contribution in [0, 0.1) is 17.1 Å². The molecule has 0 bridgehead atoms. The summed E-state index contributed by atoms with van der Waals surface area (Å²) in [6, 6.07) is 25.6. The fourth-order valence-electron chi connectivity index (χ4n) is 2.47. The Hall–Kier alpha value is -3.38. The van der Waals surface area contributed by atoms with Gasteiger partial charge in [0.15, 0.2) is 0 Å². The molecule has 0 N–H and O–H groups in total. The highest BCUT2D eigenvalue weighted by Crippen LogP contribution is 2.26. The Morgan fingerprint density at radius 1 is 0.920 bits per heavy atom. The van der Waals surface area contributed by atoms with Gasteiger partial charge < -0.3 is 4.74 Å². The lowest BCUT2D eigenvalue weighted by atomic mass is 10.0. The maximum absolute atomic E-state index is 14.0. The van der Waals surface area contributed by atoms with Gasteiger partial charge in [-0.05, 0) is 23.8 Å². The molecule has 0 radical (unpaired) electrons. The molecule has 0 aromatic heterocycles. The maximum Gasteiger partial charge on any atom is 0.131 e. The zero-order chi connectivity index (χ0) is 17.5. The van der Waals surface area contributed by atoms with Crippen LogP contribution in [0.2, 0.25) is 0 Å². The van der Waals surface area contributed by atoms with Crippen LogP contribution < -0.4 is 4.74 Å². The summed E-state index contributed by atoms with van der Waals surface area (Å²) in [6.45, 7) is 0.424. The van der Waals surface area contributed by atoms with Crippen LogP contribution in [0.25, 0.3) is 11.6 Å². The molecule has 0 aliphatic carbocycles. The van der Waals surface area contributed by atoms with Gasteiger partial charge in [-0.25, -0.2) is 4.39 Å². The monoisotopic (exact) mass is 329 g/mol. The molecule has 3 rings (SSSR count). The van der Waals surface area contributed by atoms with Gasteiger partial charge in [-0.3, -0.25) is 0 Å². The minimum atomic E-state index is -0.419. The predicted octanol–water partition coefficient (Wildman–Crippen LogP) is 5.47. The first-order valence-electron chi connectivity index (χ1n) is 7.90. The van der Waals surface area contributed by atoms with Crippen LogP contribution in [-0.2, 0) is 6.61 Å². The lowest BCUT2D eigenvalue weighted by Gasteiger charge is -2.10. The molecule has 122 valence electrons. The van der Waals surface area contributed by atoms with E-state index in [0.717, 1.165) is 11.1 Å². The van der Waals surface area contributed by atoms with Gasteiger partial charge in [0.05, 0.1) is 11.6 Å². The van der Waals surface area contributed by atoms with E-state index in [1.54, 1.807) is 24.3 Å². The van der Waals surface area contributed by atoms with Gasteiger partial charge in [-0.2, -0.15) is 5.26 Å². The van der Waals surface area contributed by atoms with Gasteiger partial charge >= 0.3 is 0 Å². The lowest BCUT2D eigenvalue weighted by molar-refractivity contribution is 0.305. The number of halogens is 1. The molecule has 0 saturated carbocycles. The van der Waals surface area contributed by atoms with Crippen LogP contribution in [0.4, 0.5) is 4.39 Å².